The molecule has 1 heterocycles. The van der Waals surface area contributed by atoms with E-state index >= 15 is 0 Å². The second-order valence-corrected chi connectivity index (χ2v) is 5.28. The topological polar surface area (TPSA) is 53.1 Å². The lowest BCUT2D eigenvalue weighted by Gasteiger charge is -2.17. The van der Waals surface area contributed by atoms with E-state index in [0.717, 1.165) is 36.0 Å². The molecule has 0 spiro atoms. The minimum absolute atomic E-state index is 0.687. The van der Waals surface area contributed by atoms with Crippen LogP contribution in [0.15, 0.2) is 53.6 Å². The number of nitrogens with one attached hydrogen (secondary N) is 2. The molecule has 0 saturated carbocycles. The molecular weight excluding hydrogens is 260 g/mol. The number of para-hydroxylation sites is 2. The van der Waals surface area contributed by atoms with Crippen molar-refractivity contribution in [1.82, 2.24) is 9.97 Å². The minimum Gasteiger partial charge on any atom is -0.323 e. The van der Waals surface area contributed by atoms with Gasteiger partial charge in [0.05, 0.1) is 16.7 Å². The van der Waals surface area contributed by atoms with E-state index in [1.165, 1.54) is 11.1 Å². The number of aryl methyl sites for hydroxylation is 1. The van der Waals surface area contributed by atoms with Crippen molar-refractivity contribution in [3.63, 3.8) is 0 Å². The van der Waals surface area contributed by atoms with E-state index in [4.69, 9.17) is 0 Å². The number of H-pyrrole nitrogens is 1. The number of nitrogens with zero attached hydrogens (tertiary/aromatic N) is 2. The van der Waals surface area contributed by atoms with Crippen molar-refractivity contribution >= 4 is 22.7 Å². The summed E-state index contributed by atoms with van der Waals surface area (Å²) in [5, 5.41) is 4.56. The van der Waals surface area contributed by atoms with Crippen LogP contribution >= 0.6 is 0 Å². The number of imidazole rings is 1. The number of aromatic nitrogens is 2. The second-order valence-electron chi connectivity index (χ2n) is 5.28. The Labute approximate surface area is 122 Å². The van der Waals surface area contributed by atoms with Crippen molar-refractivity contribution in [2.24, 2.45) is 5.10 Å². The smallest absolute Gasteiger partial charge is 0.222 e. The molecule has 21 heavy (non-hydrogen) atoms. The zero-order valence-electron chi connectivity index (χ0n) is 11.6. The quantitative estimate of drug-likeness (QED) is 0.701. The van der Waals surface area contributed by atoms with E-state index in [0.29, 0.717) is 5.95 Å². The number of hydrogen-bond donors (Lipinski definition) is 2. The molecule has 0 atom stereocenters. The van der Waals surface area contributed by atoms with Crippen molar-refractivity contribution in [2.75, 3.05) is 5.43 Å². The van der Waals surface area contributed by atoms with Gasteiger partial charge in [0.2, 0.25) is 5.95 Å². The molecule has 0 saturated heterocycles. The van der Waals surface area contributed by atoms with Gasteiger partial charge in [-0.3, -0.25) is 0 Å². The fourth-order valence-corrected chi connectivity index (χ4v) is 2.84. The Bertz CT molecular complexity index is 783. The first-order valence-corrected chi connectivity index (χ1v) is 7.26. The molecular formula is C17H16N4. The Morgan fingerprint density at radius 3 is 2.81 bits per heavy atom. The van der Waals surface area contributed by atoms with Gasteiger partial charge in [0, 0.05) is 5.56 Å². The van der Waals surface area contributed by atoms with Gasteiger partial charge in [0.1, 0.15) is 0 Å². The maximum Gasteiger partial charge on any atom is 0.222 e. The Kier molecular flexibility index (Phi) is 2.92. The van der Waals surface area contributed by atoms with Gasteiger partial charge in [-0.2, -0.15) is 5.10 Å². The fraction of sp³-hybridized carbons (Fsp3) is 0.176. The van der Waals surface area contributed by atoms with Crippen LogP contribution in [0.5, 0.6) is 0 Å². The van der Waals surface area contributed by atoms with E-state index < -0.39 is 0 Å². The van der Waals surface area contributed by atoms with Gasteiger partial charge in [-0.1, -0.05) is 36.4 Å². The zero-order valence-corrected chi connectivity index (χ0v) is 11.6. The molecule has 4 rings (SSSR count). The highest BCUT2D eigenvalue weighted by Crippen LogP contribution is 2.22. The number of fused-ring (bicyclic) bond motifs is 2. The van der Waals surface area contributed by atoms with Gasteiger partial charge in [0.25, 0.3) is 0 Å². The standard InChI is InChI=1S/C17H16N4/c1-2-8-13-12(6-1)7-5-11-14(13)20-21-17-18-15-9-3-4-10-16(15)19-17/h1-4,6,8-10H,5,7,11H2,(H2,18,19,21). The van der Waals surface area contributed by atoms with Crippen LogP contribution in [-0.2, 0) is 6.42 Å². The average molecular weight is 276 g/mol. The fourth-order valence-electron chi connectivity index (χ4n) is 2.84. The van der Waals surface area contributed by atoms with Gasteiger partial charge in [-0.05, 0) is 37.0 Å². The molecule has 2 N–H and O–H groups in total. The van der Waals surface area contributed by atoms with Crippen molar-refractivity contribution in [1.29, 1.82) is 0 Å². The molecule has 2 aromatic carbocycles. The Balaban J connectivity index is 1.64. The summed E-state index contributed by atoms with van der Waals surface area (Å²) in [4.78, 5) is 7.71. The summed E-state index contributed by atoms with van der Waals surface area (Å²) in [5.74, 6) is 0.687. The highest BCUT2D eigenvalue weighted by atomic mass is 15.4. The number of benzene rings is 2. The Morgan fingerprint density at radius 1 is 1.00 bits per heavy atom. The lowest BCUT2D eigenvalue weighted by molar-refractivity contribution is 0.836. The van der Waals surface area contributed by atoms with Crippen LogP contribution in [0, 0.1) is 0 Å². The molecule has 0 radical (unpaired) electrons. The van der Waals surface area contributed by atoms with Crippen LogP contribution in [-0.4, -0.2) is 15.7 Å². The lowest BCUT2D eigenvalue weighted by atomic mass is 9.90. The summed E-state index contributed by atoms with van der Waals surface area (Å²) in [6.07, 6.45) is 3.29. The van der Waals surface area contributed by atoms with Crippen LogP contribution in [0.4, 0.5) is 5.95 Å². The Morgan fingerprint density at radius 2 is 1.86 bits per heavy atom. The summed E-state index contributed by atoms with van der Waals surface area (Å²) in [5.41, 5.74) is 8.78. The molecule has 1 aliphatic carbocycles. The van der Waals surface area contributed by atoms with E-state index in [9.17, 15) is 0 Å². The van der Waals surface area contributed by atoms with Gasteiger partial charge < -0.3 is 4.98 Å². The number of hydrazone groups is 1. The van der Waals surface area contributed by atoms with Crippen molar-refractivity contribution < 1.29 is 0 Å². The van der Waals surface area contributed by atoms with Crippen molar-refractivity contribution in [3.8, 4) is 0 Å². The molecule has 104 valence electrons. The van der Waals surface area contributed by atoms with Crippen LogP contribution in [0.1, 0.15) is 24.0 Å². The zero-order chi connectivity index (χ0) is 14.1. The Hall–Kier alpha value is -2.62. The first-order chi connectivity index (χ1) is 10.4. The lowest BCUT2D eigenvalue weighted by Crippen LogP contribution is -2.13. The summed E-state index contributed by atoms with van der Waals surface area (Å²) in [6.45, 7) is 0. The van der Waals surface area contributed by atoms with Crippen molar-refractivity contribution in [2.45, 2.75) is 19.3 Å². The largest absolute Gasteiger partial charge is 0.323 e. The molecule has 4 heteroatoms. The predicted molar refractivity (Wildman–Crippen MR) is 85.6 cm³/mol. The molecule has 0 unspecified atom stereocenters. The van der Waals surface area contributed by atoms with Crippen molar-refractivity contribution in [3.05, 3.63) is 59.7 Å². The average Bonchev–Trinajstić information content (AvgIpc) is 2.96. The molecule has 0 bridgehead atoms. The summed E-state index contributed by atoms with van der Waals surface area (Å²) in [7, 11) is 0. The minimum atomic E-state index is 0.687. The van der Waals surface area contributed by atoms with E-state index in [2.05, 4.69) is 44.8 Å². The first kappa shape index (κ1) is 12.1. The molecule has 3 aromatic rings. The number of rotatable bonds is 2. The van der Waals surface area contributed by atoms with Gasteiger partial charge in [-0.15, -0.1) is 0 Å². The third-order valence-electron chi connectivity index (χ3n) is 3.87. The molecule has 0 fully saturated rings. The molecule has 4 nitrogen and oxygen atoms in total. The molecule has 0 aliphatic heterocycles. The summed E-state index contributed by atoms with van der Waals surface area (Å²) in [6, 6.07) is 16.5. The van der Waals surface area contributed by atoms with Crippen LogP contribution in [0.2, 0.25) is 0 Å². The molecule has 1 aromatic heterocycles. The van der Waals surface area contributed by atoms with E-state index in [1.807, 2.05) is 24.3 Å². The van der Waals surface area contributed by atoms with E-state index in [-0.39, 0.29) is 0 Å². The van der Waals surface area contributed by atoms with Crippen LogP contribution < -0.4 is 5.43 Å². The third-order valence-corrected chi connectivity index (χ3v) is 3.87. The van der Waals surface area contributed by atoms with Crippen LogP contribution in [0.3, 0.4) is 0 Å². The first-order valence-electron chi connectivity index (χ1n) is 7.26. The monoisotopic (exact) mass is 276 g/mol. The molecule has 1 aliphatic rings. The molecule has 0 amide bonds. The number of aromatic amines is 1. The van der Waals surface area contributed by atoms with Crippen LogP contribution in [0.25, 0.3) is 11.0 Å². The number of hydrogen-bond acceptors (Lipinski definition) is 3. The predicted octanol–water partition coefficient (Wildman–Crippen LogP) is 3.72. The maximum atomic E-state index is 4.56. The summed E-state index contributed by atoms with van der Waals surface area (Å²) < 4.78 is 0. The van der Waals surface area contributed by atoms with Gasteiger partial charge in [-0.25, -0.2) is 10.4 Å². The third kappa shape index (κ3) is 2.29. The van der Waals surface area contributed by atoms with Gasteiger partial charge in [0.15, 0.2) is 0 Å². The summed E-state index contributed by atoms with van der Waals surface area (Å²) >= 11 is 0. The van der Waals surface area contributed by atoms with E-state index in [1.54, 1.807) is 0 Å². The van der Waals surface area contributed by atoms with Gasteiger partial charge >= 0.3 is 0 Å². The highest BCUT2D eigenvalue weighted by molar-refractivity contribution is 6.03. The second kappa shape index (κ2) is 5.05. The SMILES string of the molecule is c1ccc2c(c1)CCCC2=NNc1nc2ccccc2[nH]1. The maximum absolute atomic E-state index is 4.56. The number of anilines is 1. The highest BCUT2D eigenvalue weighted by Gasteiger charge is 2.14. The normalized spacial score (nSPS) is 16.1.